The summed E-state index contributed by atoms with van der Waals surface area (Å²) in [7, 11) is 1.81. The minimum atomic E-state index is -0.263. The van der Waals surface area contributed by atoms with Crippen molar-refractivity contribution in [3.63, 3.8) is 0 Å². The molecule has 3 rings (SSSR count). The van der Waals surface area contributed by atoms with Gasteiger partial charge in [-0.15, -0.1) is 0 Å². The van der Waals surface area contributed by atoms with E-state index in [4.69, 9.17) is 0 Å². The molecule has 0 saturated carbocycles. The molecule has 3 aromatic rings. The van der Waals surface area contributed by atoms with E-state index in [1.54, 1.807) is 9.36 Å². The standard InChI is InChI=1S/C21H26N4O2/c1-13(2)24-14(3)12-18(15(24)4)20(26)22-19-16(5)23(6)25(21(19)27)17-10-8-7-9-11-17/h7-13H,1-6H3,(H,22,26). The number of nitrogens with zero attached hydrogens (tertiary/aromatic N) is 3. The van der Waals surface area contributed by atoms with Gasteiger partial charge >= 0.3 is 0 Å². The number of hydrogen-bond donors (Lipinski definition) is 1. The SMILES string of the molecule is Cc1cc(C(=O)Nc2c(C)n(C)n(-c3ccccc3)c2=O)c(C)n1C(C)C. The second-order valence-electron chi connectivity index (χ2n) is 7.14. The quantitative estimate of drug-likeness (QED) is 0.765. The Kier molecular flexibility index (Phi) is 4.83. The Balaban J connectivity index is 2.02. The van der Waals surface area contributed by atoms with Gasteiger partial charge in [-0.1, -0.05) is 18.2 Å². The predicted molar refractivity (Wildman–Crippen MR) is 108 cm³/mol. The molecule has 2 aromatic heterocycles. The Hall–Kier alpha value is -3.02. The molecule has 0 atom stereocenters. The first-order chi connectivity index (χ1) is 12.7. The van der Waals surface area contributed by atoms with Crippen molar-refractivity contribution in [1.29, 1.82) is 0 Å². The maximum Gasteiger partial charge on any atom is 0.295 e. The van der Waals surface area contributed by atoms with Crippen LogP contribution in [-0.4, -0.2) is 19.8 Å². The topological polar surface area (TPSA) is 61.0 Å². The highest BCUT2D eigenvalue weighted by Crippen LogP contribution is 2.22. The molecular weight excluding hydrogens is 340 g/mol. The summed E-state index contributed by atoms with van der Waals surface area (Å²) in [6, 6.07) is 11.5. The van der Waals surface area contributed by atoms with Crippen LogP contribution in [0.1, 0.15) is 47.3 Å². The lowest BCUT2D eigenvalue weighted by molar-refractivity contribution is 0.102. The van der Waals surface area contributed by atoms with Gasteiger partial charge in [-0.25, -0.2) is 4.68 Å². The molecule has 1 aromatic carbocycles. The van der Waals surface area contributed by atoms with Gasteiger partial charge in [0.2, 0.25) is 0 Å². The van der Waals surface area contributed by atoms with Gasteiger partial charge in [0, 0.05) is 24.5 Å². The van der Waals surface area contributed by atoms with E-state index < -0.39 is 0 Å². The number of hydrogen-bond acceptors (Lipinski definition) is 2. The van der Waals surface area contributed by atoms with Crippen molar-refractivity contribution in [1.82, 2.24) is 13.9 Å². The summed E-state index contributed by atoms with van der Waals surface area (Å²) in [4.78, 5) is 25.9. The van der Waals surface area contributed by atoms with E-state index in [0.717, 1.165) is 17.1 Å². The summed E-state index contributed by atoms with van der Waals surface area (Å²) in [5, 5.41) is 2.84. The highest BCUT2D eigenvalue weighted by molar-refractivity contribution is 6.05. The number of para-hydroxylation sites is 1. The zero-order chi connectivity index (χ0) is 19.9. The summed E-state index contributed by atoms with van der Waals surface area (Å²) in [5.41, 5.74) is 4.04. The van der Waals surface area contributed by atoms with Gasteiger partial charge in [0.25, 0.3) is 11.5 Å². The average molecular weight is 366 g/mol. The van der Waals surface area contributed by atoms with Gasteiger partial charge in [-0.05, 0) is 52.8 Å². The summed E-state index contributed by atoms with van der Waals surface area (Å²) in [5.74, 6) is -0.263. The van der Waals surface area contributed by atoms with Gasteiger partial charge in [0.15, 0.2) is 0 Å². The lowest BCUT2D eigenvalue weighted by atomic mass is 10.2. The molecule has 0 saturated heterocycles. The Morgan fingerprint density at radius 1 is 1.04 bits per heavy atom. The van der Waals surface area contributed by atoms with Crippen molar-refractivity contribution in [2.75, 3.05) is 5.32 Å². The summed E-state index contributed by atoms with van der Waals surface area (Å²) in [6.45, 7) is 9.92. The van der Waals surface area contributed by atoms with Crippen LogP contribution in [0.25, 0.3) is 5.69 Å². The molecule has 0 unspecified atom stereocenters. The minimum absolute atomic E-state index is 0.243. The van der Waals surface area contributed by atoms with E-state index in [-0.39, 0.29) is 17.5 Å². The highest BCUT2D eigenvalue weighted by atomic mass is 16.2. The van der Waals surface area contributed by atoms with Crippen molar-refractivity contribution >= 4 is 11.6 Å². The van der Waals surface area contributed by atoms with Crippen LogP contribution in [0.3, 0.4) is 0 Å². The number of aromatic nitrogens is 3. The first kappa shape index (κ1) is 18.8. The van der Waals surface area contributed by atoms with Crippen molar-refractivity contribution in [3.8, 4) is 5.69 Å². The molecule has 0 fully saturated rings. The summed E-state index contributed by atoms with van der Waals surface area (Å²) >= 11 is 0. The van der Waals surface area contributed by atoms with Gasteiger partial charge in [0.1, 0.15) is 5.69 Å². The zero-order valence-corrected chi connectivity index (χ0v) is 16.7. The van der Waals surface area contributed by atoms with E-state index in [1.807, 2.05) is 64.2 Å². The molecule has 0 bridgehead atoms. The minimum Gasteiger partial charge on any atom is -0.346 e. The van der Waals surface area contributed by atoms with Crippen LogP contribution in [0.2, 0.25) is 0 Å². The lowest BCUT2D eigenvalue weighted by Gasteiger charge is -2.13. The monoisotopic (exact) mass is 366 g/mol. The second kappa shape index (κ2) is 6.95. The molecule has 0 aliphatic heterocycles. The maximum atomic E-state index is 13.0. The Morgan fingerprint density at radius 3 is 2.22 bits per heavy atom. The average Bonchev–Trinajstić information content (AvgIpc) is 3.04. The van der Waals surface area contributed by atoms with Gasteiger partial charge < -0.3 is 9.88 Å². The second-order valence-corrected chi connectivity index (χ2v) is 7.14. The number of benzene rings is 1. The summed E-state index contributed by atoms with van der Waals surface area (Å²) < 4.78 is 5.43. The van der Waals surface area contributed by atoms with Crippen molar-refractivity contribution in [2.45, 2.75) is 40.7 Å². The van der Waals surface area contributed by atoms with E-state index >= 15 is 0 Å². The fourth-order valence-corrected chi connectivity index (χ4v) is 3.69. The Labute approximate surface area is 159 Å². The molecule has 2 heterocycles. The molecule has 142 valence electrons. The Morgan fingerprint density at radius 2 is 1.67 bits per heavy atom. The normalized spacial score (nSPS) is 11.2. The van der Waals surface area contributed by atoms with E-state index in [0.29, 0.717) is 16.9 Å². The molecular formula is C21H26N4O2. The van der Waals surface area contributed by atoms with Gasteiger partial charge in [-0.2, -0.15) is 0 Å². The van der Waals surface area contributed by atoms with Crippen LogP contribution in [0.5, 0.6) is 0 Å². The first-order valence-electron chi connectivity index (χ1n) is 9.07. The number of rotatable bonds is 4. The van der Waals surface area contributed by atoms with Gasteiger partial charge in [0.05, 0.1) is 16.9 Å². The molecule has 1 amide bonds. The number of anilines is 1. The van der Waals surface area contributed by atoms with Crippen molar-refractivity contribution in [2.24, 2.45) is 7.05 Å². The van der Waals surface area contributed by atoms with Crippen LogP contribution in [0.15, 0.2) is 41.2 Å². The van der Waals surface area contributed by atoms with Crippen LogP contribution >= 0.6 is 0 Å². The molecule has 0 radical (unpaired) electrons. The molecule has 6 nitrogen and oxygen atoms in total. The van der Waals surface area contributed by atoms with Crippen LogP contribution in [0.4, 0.5) is 5.69 Å². The Bertz CT molecular complexity index is 1050. The van der Waals surface area contributed by atoms with E-state index in [9.17, 15) is 9.59 Å². The van der Waals surface area contributed by atoms with Crippen LogP contribution < -0.4 is 10.9 Å². The zero-order valence-electron chi connectivity index (χ0n) is 16.7. The predicted octanol–water partition coefficient (Wildman–Crippen LogP) is 3.74. The van der Waals surface area contributed by atoms with E-state index in [2.05, 4.69) is 23.7 Å². The summed E-state index contributed by atoms with van der Waals surface area (Å²) in [6.07, 6.45) is 0. The molecule has 1 N–H and O–H groups in total. The smallest absolute Gasteiger partial charge is 0.295 e. The third kappa shape index (κ3) is 3.12. The number of aryl methyl sites for hydroxylation is 1. The maximum absolute atomic E-state index is 13.0. The van der Waals surface area contributed by atoms with E-state index in [1.165, 1.54) is 0 Å². The fourth-order valence-electron chi connectivity index (χ4n) is 3.69. The molecule has 0 spiro atoms. The highest BCUT2D eigenvalue weighted by Gasteiger charge is 2.22. The molecule has 0 aliphatic carbocycles. The fraction of sp³-hybridized carbons (Fsp3) is 0.333. The molecule has 0 aliphatic rings. The first-order valence-corrected chi connectivity index (χ1v) is 9.07. The molecule has 6 heteroatoms. The van der Waals surface area contributed by atoms with Gasteiger partial charge in [-0.3, -0.25) is 14.3 Å². The van der Waals surface area contributed by atoms with Crippen molar-refractivity contribution < 1.29 is 4.79 Å². The van der Waals surface area contributed by atoms with Crippen LogP contribution in [0, 0.1) is 20.8 Å². The number of carbonyl (C=O) groups excluding carboxylic acids is 1. The molecule has 27 heavy (non-hydrogen) atoms. The number of carbonyl (C=O) groups is 1. The largest absolute Gasteiger partial charge is 0.346 e. The van der Waals surface area contributed by atoms with Crippen LogP contribution in [-0.2, 0) is 7.05 Å². The third-order valence-corrected chi connectivity index (χ3v) is 5.04. The number of nitrogens with one attached hydrogen (secondary N) is 1. The van der Waals surface area contributed by atoms with Crippen molar-refractivity contribution in [3.05, 3.63) is 69.4 Å². The third-order valence-electron chi connectivity index (χ3n) is 5.04. The lowest BCUT2D eigenvalue weighted by Crippen LogP contribution is -2.23. The number of amides is 1.